The number of amides is 2. The van der Waals surface area contributed by atoms with Gasteiger partial charge in [0, 0.05) is 37.6 Å². The fourth-order valence-corrected chi connectivity index (χ4v) is 6.10. The Morgan fingerprint density at radius 3 is 2.30 bits per heavy atom. The normalized spacial score (nSPS) is 15.4. The molecule has 3 rings (SSSR count). The molecule has 0 radical (unpaired) electrons. The van der Waals surface area contributed by atoms with Crippen LogP contribution in [0.3, 0.4) is 0 Å². The zero-order valence-electron chi connectivity index (χ0n) is 21.7. The molecule has 1 N–H and O–H groups in total. The number of nitrogens with one attached hydrogen (secondary N) is 1. The number of carbonyl (C=O) groups is 2. The monoisotopic (exact) mass is 547 g/mol. The van der Waals surface area contributed by atoms with Crippen LogP contribution >= 0.6 is 11.6 Å². The lowest BCUT2D eigenvalue weighted by molar-refractivity contribution is -0.141. The molecule has 0 saturated heterocycles. The fraction of sp³-hybridized carbons (Fsp3) is 0.500. The molecule has 0 aromatic heterocycles. The van der Waals surface area contributed by atoms with Crippen molar-refractivity contribution in [3.05, 3.63) is 65.2 Å². The average molecular weight is 548 g/mol. The first kappa shape index (κ1) is 29.1. The summed E-state index contributed by atoms with van der Waals surface area (Å²) in [6.45, 7) is 2.39. The predicted octanol–water partition coefficient (Wildman–Crippen LogP) is 5.00. The zero-order valence-corrected chi connectivity index (χ0v) is 23.3. The Hall–Kier alpha value is -2.42. The van der Waals surface area contributed by atoms with Gasteiger partial charge in [-0.25, -0.2) is 12.7 Å². The summed E-state index contributed by atoms with van der Waals surface area (Å²) in [5.41, 5.74) is 0.880. The standard InChI is InChI=1S/C28H38ClN3O4S/c1-3-26(28(34)30-24-11-6-4-7-12-24)32(21-22-16-18-23(29)19-17-22)27(33)15-10-20-31(2)37(35,36)25-13-8-5-9-14-25/h5,8-9,13-14,16-19,24,26H,3-4,6-7,10-12,15,20-21H2,1-2H3,(H,30,34)/t26-/m1/s1. The number of hydrogen-bond donors (Lipinski definition) is 1. The minimum absolute atomic E-state index is 0.125. The number of nitrogens with zero attached hydrogens (tertiary/aromatic N) is 2. The van der Waals surface area contributed by atoms with Crippen molar-refractivity contribution in [2.24, 2.45) is 0 Å². The second kappa shape index (κ2) is 13.9. The number of benzene rings is 2. The highest BCUT2D eigenvalue weighted by Gasteiger charge is 2.30. The highest BCUT2D eigenvalue weighted by Crippen LogP contribution is 2.21. The van der Waals surface area contributed by atoms with E-state index in [4.69, 9.17) is 11.6 Å². The van der Waals surface area contributed by atoms with Crippen LogP contribution in [-0.2, 0) is 26.2 Å². The summed E-state index contributed by atoms with van der Waals surface area (Å²) in [7, 11) is -2.11. The Morgan fingerprint density at radius 1 is 1.03 bits per heavy atom. The molecule has 1 saturated carbocycles. The van der Waals surface area contributed by atoms with E-state index in [1.165, 1.54) is 17.8 Å². The van der Waals surface area contributed by atoms with Gasteiger partial charge in [-0.15, -0.1) is 0 Å². The summed E-state index contributed by atoms with van der Waals surface area (Å²) < 4.78 is 26.9. The van der Waals surface area contributed by atoms with Crippen LogP contribution in [-0.4, -0.2) is 55.1 Å². The second-order valence-electron chi connectivity index (χ2n) is 9.66. The third kappa shape index (κ3) is 8.28. The van der Waals surface area contributed by atoms with Crippen molar-refractivity contribution in [2.45, 2.75) is 81.8 Å². The van der Waals surface area contributed by atoms with Crippen LogP contribution in [0.25, 0.3) is 0 Å². The molecule has 1 fully saturated rings. The second-order valence-corrected chi connectivity index (χ2v) is 12.1. The Kier molecular flexibility index (Phi) is 11.0. The molecule has 2 amide bonds. The van der Waals surface area contributed by atoms with Gasteiger partial charge in [0.2, 0.25) is 21.8 Å². The minimum Gasteiger partial charge on any atom is -0.352 e. The quantitative estimate of drug-likeness (QED) is 0.405. The largest absolute Gasteiger partial charge is 0.352 e. The summed E-state index contributed by atoms with van der Waals surface area (Å²) in [4.78, 5) is 28.6. The molecule has 202 valence electrons. The van der Waals surface area contributed by atoms with Crippen LogP contribution in [0.15, 0.2) is 59.5 Å². The maximum Gasteiger partial charge on any atom is 0.243 e. The summed E-state index contributed by atoms with van der Waals surface area (Å²) >= 11 is 6.04. The lowest BCUT2D eigenvalue weighted by atomic mass is 9.95. The third-order valence-electron chi connectivity index (χ3n) is 6.92. The highest BCUT2D eigenvalue weighted by molar-refractivity contribution is 7.89. The molecule has 2 aromatic rings. The summed E-state index contributed by atoms with van der Waals surface area (Å²) in [5, 5.41) is 3.77. The van der Waals surface area contributed by atoms with Gasteiger partial charge in [0.1, 0.15) is 6.04 Å². The first-order valence-electron chi connectivity index (χ1n) is 13.1. The zero-order chi connectivity index (χ0) is 26.8. The van der Waals surface area contributed by atoms with E-state index in [9.17, 15) is 18.0 Å². The topological polar surface area (TPSA) is 86.8 Å². The van der Waals surface area contributed by atoms with Crippen molar-refractivity contribution < 1.29 is 18.0 Å². The van der Waals surface area contributed by atoms with Gasteiger partial charge in [0.25, 0.3) is 0 Å². The van der Waals surface area contributed by atoms with Gasteiger partial charge in [-0.05, 0) is 55.5 Å². The van der Waals surface area contributed by atoms with E-state index in [1.807, 2.05) is 19.1 Å². The van der Waals surface area contributed by atoms with Gasteiger partial charge in [-0.1, -0.05) is 68.1 Å². The number of hydrogen-bond acceptors (Lipinski definition) is 4. The first-order valence-corrected chi connectivity index (χ1v) is 14.9. The summed E-state index contributed by atoms with van der Waals surface area (Å²) in [5.74, 6) is -0.299. The van der Waals surface area contributed by atoms with Crippen LogP contribution < -0.4 is 5.32 Å². The van der Waals surface area contributed by atoms with E-state index in [0.717, 1.165) is 31.2 Å². The Morgan fingerprint density at radius 2 is 1.68 bits per heavy atom. The summed E-state index contributed by atoms with van der Waals surface area (Å²) in [6.07, 6.45) is 6.31. The number of carbonyl (C=O) groups excluding carboxylic acids is 2. The molecule has 1 aliphatic rings. The molecule has 0 spiro atoms. The molecular formula is C28H38ClN3O4S. The van der Waals surface area contributed by atoms with Crippen molar-refractivity contribution in [1.29, 1.82) is 0 Å². The Labute approximate surface area is 226 Å². The summed E-state index contributed by atoms with van der Waals surface area (Å²) in [6, 6.07) is 15.0. The molecule has 1 atom stereocenters. The number of halogens is 1. The van der Waals surface area contributed by atoms with E-state index in [0.29, 0.717) is 17.9 Å². The molecule has 1 aliphatic carbocycles. The van der Waals surface area contributed by atoms with Gasteiger partial charge in [-0.3, -0.25) is 9.59 Å². The molecule has 37 heavy (non-hydrogen) atoms. The molecular weight excluding hydrogens is 510 g/mol. The first-order chi connectivity index (χ1) is 17.7. The minimum atomic E-state index is -3.63. The van der Waals surface area contributed by atoms with Crippen molar-refractivity contribution in [3.63, 3.8) is 0 Å². The van der Waals surface area contributed by atoms with Crippen molar-refractivity contribution in [1.82, 2.24) is 14.5 Å². The Balaban J connectivity index is 1.69. The number of sulfonamides is 1. The van der Waals surface area contributed by atoms with E-state index in [1.54, 1.807) is 47.4 Å². The van der Waals surface area contributed by atoms with Gasteiger partial charge in [0.05, 0.1) is 4.90 Å². The van der Waals surface area contributed by atoms with Crippen LogP contribution in [0.4, 0.5) is 0 Å². The van der Waals surface area contributed by atoms with E-state index < -0.39 is 16.1 Å². The molecule has 9 heteroatoms. The number of rotatable bonds is 12. The van der Waals surface area contributed by atoms with Crippen molar-refractivity contribution in [3.8, 4) is 0 Å². The van der Waals surface area contributed by atoms with E-state index >= 15 is 0 Å². The van der Waals surface area contributed by atoms with Crippen LogP contribution in [0, 0.1) is 0 Å². The van der Waals surface area contributed by atoms with Gasteiger partial charge < -0.3 is 10.2 Å². The van der Waals surface area contributed by atoms with Crippen LogP contribution in [0.5, 0.6) is 0 Å². The molecule has 0 heterocycles. The molecule has 2 aromatic carbocycles. The van der Waals surface area contributed by atoms with Crippen LogP contribution in [0.1, 0.15) is 63.9 Å². The predicted molar refractivity (Wildman–Crippen MR) is 147 cm³/mol. The molecule has 0 aliphatic heterocycles. The van der Waals surface area contributed by atoms with Crippen molar-refractivity contribution >= 4 is 33.4 Å². The molecule has 0 unspecified atom stereocenters. The fourth-order valence-electron chi connectivity index (χ4n) is 4.74. The smallest absolute Gasteiger partial charge is 0.243 e. The highest BCUT2D eigenvalue weighted by atomic mass is 35.5. The Bertz CT molecular complexity index is 1120. The van der Waals surface area contributed by atoms with Crippen molar-refractivity contribution in [2.75, 3.05) is 13.6 Å². The maximum atomic E-state index is 13.5. The van der Waals surface area contributed by atoms with Gasteiger partial charge in [-0.2, -0.15) is 0 Å². The SMILES string of the molecule is CC[C@H](C(=O)NC1CCCCC1)N(Cc1ccc(Cl)cc1)C(=O)CCCN(C)S(=O)(=O)c1ccccc1. The van der Waals surface area contributed by atoms with E-state index in [2.05, 4.69) is 5.32 Å². The molecule has 0 bridgehead atoms. The maximum absolute atomic E-state index is 13.5. The van der Waals surface area contributed by atoms with Gasteiger partial charge >= 0.3 is 0 Å². The van der Waals surface area contributed by atoms with E-state index in [-0.39, 0.29) is 42.3 Å². The lowest BCUT2D eigenvalue weighted by Crippen LogP contribution is -2.51. The molecule has 7 nitrogen and oxygen atoms in total. The van der Waals surface area contributed by atoms with Crippen LogP contribution in [0.2, 0.25) is 5.02 Å². The van der Waals surface area contributed by atoms with Gasteiger partial charge in [0.15, 0.2) is 0 Å². The average Bonchev–Trinajstić information content (AvgIpc) is 2.90. The third-order valence-corrected chi connectivity index (χ3v) is 9.04. The lowest BCUT2D eigenvalue weighted by Gasteiger charge is -2.33.